The predicted octanol–water partition coefficient (Wildman–Crippen LogP) is -2.10. The van der Waals surface area contributed by atoms with E-state index >= 15 is 0 Å². The fourth-order valence-corrected chi connectivity index (χ4v) is 0.518. The van der Waals surface area contributed by atoms with Crippen LogP contribution in [-0.4, -0.2) is 55.6 Å². The Morgan fingerprint density at radius 2 is 1.45 bits per heavy atom. The highest BCUT2D eigenvalue weighted by molar-refractivity contribution is 5.75. The van der Waals surface area contributed by atoms with Gasteiger partial charge in [-0.2, -0.15) is 0 Å². The molecule has 0 saturated carbocycles. The quantitative estimate of drug-likeness (QED) is 0.462. The van der Waals surface area contributed by atoms with Gasteiger partial charge in [0.2, 0.25) is 0 Å². The zero-order chi connectivity index (χ0) is 8.15. The van der Waals surface area contributed by atoms with Gasteiger partial charge in [-0.3, -0.25) is 14.5 Å². The van der Waals surface area contributed by atoms with Crippen LogP contribution in [0.1, 0.15) is 0 Å². The van der Waals surface area contributed by atoms with Crippen LogP contribution >= 0.6 is 0 Å². The van der Waals surface area contributed by atoms with E-state index in [-0.39, 0.29) is 21.5 Å². The zero-order valence-electron chi connectivity index (χ0n) is 5.57. The molecule has 0 heterocycles. The number of carbonyl (C=O) groups is 2. The number of rotatable bonds is 4. The minimum Gasteiger partial charge on any atom is -0.480 e. The number of nitrogens with zero attached hydrogens (tertiary/aromatic N) is 1. The molecule has 5 nitrogen and oxygen atoms in total. The molecule has 0 spiro atoms. The van der Waals surface area contributed by atoms with Gasteiger partial charge in [0.25, 0.3) is 0 Å². The van der Waals surface area contributed by atoms with E-state index in [1.807, 2.05) is 0 Å². The van der Waals surface area contributed by atoms with Crippen LogP contribution in [0, 0.1) is 0 Å². The molecular weight excluding hydrogens is 149 g/mol. The summed E-state index contributed by atoms with van der Waals surface area (Å²) in [4.78, 5) is 21.1. The second kappa shape index (κ2) is 5.73. The van der Waals surface area contributed by atoms with Crippen molar-refractivity contribution in [3.63, 3.8) is 0 Å². The van der Waals surface area contributed by atoms with Gasteiger partial charge in [-0.25, -0.2) is 0 Å². The summed E-state index contributed by atoms with van der Waals surface area (Å²) in [5.74, 6) is -2.05. The largest absolute Gasteiger partial charge is 0.480 e. The number of carboxylic acid groups (broad SMARTS) is 2. The lowest BCUT2D eigenvalue weighted by Crippen LogP contribution is -2.30. The molecule has 0 aromatic heterocycles. The Bertz CT molecular complexity index is 133. The lowest BCUT2D eigenvalue weighted by Gasteiger charge is -2.08. The van der Waals surface area contributed by atoms with E-state index in [9.17, 15) is 9.59 Å². The fraction of sp³-hybridized carbons (Fsp3) is 0.600. The Kier molecular flexibility index (Phi) is 6.57. The molecule has 0 aliphatic heterocycles. The molecule has 0 aromatic carbocycles. The molecule has 2 N–H and O–H groups in total. The first-order valence-electron chi connectivity index (χ1n) is 2.64. The van der Waals surface area contributed by atoms with Crippen LogP contribution < -0.4 is 0 Å². The molecular formula is C5H12BNO4. The maximum absolute atomic E-state index is 9.96. The molecule has 11 heavy (non-hydrogen) atoms. The third-order valence-corrected chi connectivity index (χ3v) is 0.810. The molecule has 0 rings (SSSR count). The van der Waals surface area contributed by atoms with Crippen LogP contribution in [0.15, 0.2) is 0 Å². The van der Waals surface area contributed by atoms with E-state index < -0.39 is 11.9 Å². The van der Waals surface area contributed by atoms with Crippen molar-refractivity contribution >= 4 is 20.4 Å². The predicted molar refractivity (Wildman–Crippen MR) is 42.7 cm³/mol. The number of carboxylic acids is 2. The molecule has 0 bridgehead atoms. The Hall–Kier alpha value is -1.04. The van der Waals surface area contributed by atoms with E-state index in [1.54, 1.807) is 0 Å². The van der Waals surface area contributed by atoms with Gasteiger partial charge in [0, 0.05) is 0 Å². The first-order valence-corrected chi connectivity index (χ1v) is 2.64. The summed E-state index contributed by atoms with van der Waals surface area (Å²) in [5, 5.41) is 16.3. The maximum Gasteiger partial charge on any atom is 0.317 e. The molecule has 0 aliphatic carbocycles. The third kappa shape index (κ3) is 8.96. The summed E-state index contributed by atoms with van der Waals surface area (Å²) in [7, 11) is 1.43. The highest BCUT2D eigenvalue weighted by atomic mass is 16.4. The number of likely N-dealkylation sites (N-methyl/N-ethyl adjacent to an activating group) is 1. The Labute approximate surface area is 66.2 Å². The summed E-state index contributed by atoms with van der Waals surface area (Å²) in [5.41, 5.74) is 0. The SMILES string of the molecule is B.CN(CC(=O)O)CC(=O)O. The van der Waals surface area contributed by atoms with Crippen molar-refractivity contribution in [2.24, 2.45) is 0 Å². The van der Waals surface area contributed by atoms with Crippen LogP contribution in [0.5, 0.6) is 0 Å². The van der Waals surface area contributed by atoms with Crippen LogP contribution in [-0.2, 0) is 9.59 Å². The lowest BCUT2D eigenvalue weighted by molar-refractivity contribution is -0.141. The van der Waals surface area contributed by atoms with Gasteiger partial charge in [-0.15, -0.1) is 0 Å². The van der Waals surface area contributed by atoms with Crippen molar-refractivity contribution in [3.05, 3.63) is 0 Å². The summed E-state index contributed by atoms with van der Waals surface area (Å²) >= 11 is 0. The van der Waals surface area contributed by atoms with E-state index in [4.69, 9.17) is 10.2 Å². The monoisotopic (exact) mass is 161 g/mol. The van der Waals surface area contributed by atoms with E-state index in [2.05, 4.69) is 0 Å². The minimum absolute atomic E-state index is 0. The van der Waals surface area contributed by atoms with Crippen molar-refractivity contribution in [1.29, 1.82) is 0 Å². The first-order chi connectivity index (χ1) is 4.52. The standard InChI is InChI=1S/C5H9NO4.BH3/c1-6(2-4(7)8)3-5(9)10;/h2-3H2,1H3,(H,7,8)(H,9,10);1H3. The van der Waals surface area contributed by atoms with Gasteiger partial charge >= 0.3 is 11.9 Å². The molecule has 0 radical (unpaired) electrons. The highest BCUT2D eigenvalue weighted by Crippen LogP contribution is 1.80. The minimum atomic E-state index is -1.02. The number of aliphatic carboxylic acids is 2. The molecule has 0 fully saturated rings. The number of hydrogen-bond acceptors (Lipinski definition) is 3. The summed E-state index contributed by atoms with van der Waals surface area (Å²) < 4.78 is 0. The fourth-order valence-electron chi connectivity index (χ4n) is 0.518. The normalized spacial score (nSPS) is 8.91. The highest BCUT2D eigenvalue weighted by Gasteiger charge is 2.06. The van der Waals surface area contributed by atoms with Crippen LogP contribution in [0.4, 0.5) is 0 Å². The van der Waals surface area contributed by atoms with E-state index in [0.29, 0.717) is 0 Å². The maximum atomic E-state index is 9.96. The van der Waals surface area contributed by atoms with Gasteiger partial charge < -0.3 is 10.2 Å². The smallest absolute Gasteiger partial charge is 0.317 e. The van der Waals surface area contributed by atoms with E-state index in [0.717, 1.165) is 0 Å². The molecule has 6 heteroatoms. The van der Waals surface area contributed by atoms with Crippen molar-refractivity contribution < 1.29 is 19.8 Å². The molecule has 0 atom stereocenters. The van der Waals surface area contributed by atoms with E-state index in [1.165, 1.54) is 11.9 Å². The number of hydrogen-bond donors (Lipinski definition) is 2. The average Bonchev–Trinajstić information content (AvgIpc) is 1.58. The second-order valence-electron chi connectivity index (χ2n) is 1.96. The molecule has 0 unspecified atom stereocenters. The van der Waals surface area contributed by atoms with Crippen molar-refractivity contribution in [2.75, 3.05) is 20.1 Å². The average molecular weight is 161 g/mol. The topological polar surface area (TPSA) is 77.8 Å². The van der Waals surface area contributed by atoms with Gasteiger partial charge in [-0.05, 0) is 7.05 Å². The Morgan fingerprint density at radius 1 is 1.18 bits per heavy atom. The second-order valence-corrected chi connectivity index (χ2v) is 1.96. The van der Waals surface area contributed by atoms with Crippen LogP contribution in [0.2, 0.25) is 0 Å². The first kappa shape index (κ1) is 12.6. The zero-order valence-corrected chi connectivity index (χ0v) is 5.57. The summed E-state index contributed by atoms with van der Waals surface area (Å²) in [6.45, 7) is -0.488. The summed E-state index contributed by atoms with van der Waals surface area (Å²) in [6.07, 6.45) is 0. The molecule has 0 amide bonds. The van der Waals surface area contributed by atoms with Crippen LogP contribution in [0.25, 0.3) is 0 Å². The molecule has 64 valence electrons. The Morgan fingerprint density at radius 3 is 1.64 bits per heavy atom. The third-order valence-electron chi connectivity index (χ3n) is 0.810. The van der Waals surface area contributed by atoms with Gasteiger partial charge in [-0.1, -0.05) is 0 Å². The van der Waals surface area contributed by atoms with Gasteiger partial charge in [0.15, 0.2) is 0 Å². The van der Waals surface area contributed by atoms with Crippen molar-refractivity contribution in [1.82, 2.24) is 4.90 Å². The van der Waals surface area contributed by atoms with Gasteiger partial charge in [0.1, 0.15) is 0 Å². The van der Waals surface area contributed by atoms with Crippen molar-refractivity contribution in [3.8, 4) is 0 Å². The molecule has 0 aromatic rings. The molecule has 0 saturated heterocycles. The van der Waals surface area contributed by atoms with Gasteiger partial charge in [0.05, 0.1) is 21.5 Å². The lowest BCUT2D eigenvalue weighted by atomic mass is 10.5. The van der Waals surface area contributed by atoms with Crippen LogP contribution in [0.3, 0.4) is 0 Å². The summed E-state index contributed by atoms with van der Waals surface area (Å²) in [6, 6.07) is 0. The van der Waals surface area contributed by atoms with Crippen molar-refractivity contribution in [2.45, 2.75) is 0 Å². The Balaban J connectivity index is 0. The molecule has 0 aliphatic rings.